The van der Waals surface area contributed by atoms with Crippen molar-refractivity contribution >= 4 is 0 Å². The van der Waals surface area contributed by atoms with Crippen LogP contribution in [-0.2, 0) is 9.47 Å². The van der Waals surface area contributed by atoms with Crippen molar-refractivity contribution in [1.29, 1.82) is 0 Å². The van der Waals surface area contributed by atoms with E-state index >= 15 is 0 Å². The zero-order chi connectivity index (χ0) is 20.9. The van der Waals surface area contributed by atoms with E-state index in [9.17, 15) is 25.5 Å². The summed E-state index contributed by atoms with van der Waals surface area (Å²) in [5.74, 6) is 10.2. The molecule has 1 rings (SSSR count). The molecule has 7 atom stereocenters. The molecule has 0 radical (unpaired) electrons. The van der Waals surface area contributed by atoms with Crippen LogP contribution in [-0.4, -0.2) is 86.8 Å². The average Bonchev–Trinajstić information content (AvgIpc) is 2.69. The van der Waals surface area contributed by atoms with Gasteiger partial charge in [0.25, 0.3) is 0 Å². The number of rotatable bonds is 8. The number of allylic oxidation sites excluding steroid dienone is 3. The topological polar surface area (TPSA) is 140 Å². The molecule has 0 aliphatic carbocycles. The lowest BCUT2D eigenvalue weighted by atomic mass is 9.99. The summed E-state index contributed by atoms with van der Waals surface area (Å²) in [5, 5.41) is 58.2. The molecule has 0 aromatic rings. The van der Waals surface area contributed by atoms with Gasteiger partial charge in [-0.05, 0) is 37.7 Å². The minimum Gasteiger partial charge on any atom is -0.396 e. The Morgan fingerprint density at radius 1 is 1.11 bits per heavy atom. The Morgan fingerprint density at radius 3 is 2.50 bits per heavy atom. The molecule has 0 aromatic carbocycles. The number of hydrogen-bond acceptors (Lipinski definition) is 8. The lowest BCUT2D eigenvalue weighted by Crippen LogP contribution is -2.60. The largest absolute Gasteiger partial charge is 0.396 e. The van der Waals surface area contributed by atoms with Crippen LogP contribution in [0.5, 0.6) is 0 Å². The van der Waals surface area contributed by atoms with Crippen LogP contribution in [0.25, 0.3) is 0 Å². The van der Waals surface area contributed by atoms with Crippen LogP contribution in [0.15, 0.2) is 24.3 Å². The van der Waals surface area contributed by atoms with Gasteiger partial charge in [0.1, 0.15) is 36.6 Å². The molecular formula is C20H28O8. The second kappa shape index (κ2) is 13.5. The van der Waals surface area contributed by atoms with Gasteiger partial charge in [0, 0.05) is 6.61 Å². The lowest BCUT2D eigenvalue weighted by Gasteiger charge is -2.40. The zero-order valence-corrected chi connectivity index (χ0v) is 15.7. The van der Waals surface area contributed by atoms with E-state index in [2.05, 4.69) is 23.7 Å². The third-order valence-electron chi connectivity index (χ3n) is 3.91. The van der Waals surface area contributed by atoms with Gasteiger partial charge in [-0.3, -0.25) is 0 Å². The molecule has 0 saturated carbocycles. The second-order valence-corrected chi connectivity index (χ2v) is 6.08. The van der Waals surface area contributed by atoms with Crippen molar-refractivity contribution in [2.24, 2.45) is 0 Å². The van der Waals surface area contributed by atoms with Crippen molar-refractivity contribution in [3.8, 4) is 23.7 Å². The Morgan fingerprint density at radius 2 is 1.86 bits per heavy atom. The van der Waals surface area contributed by atoms with E-state index in [1.54, 1.807) is 25.2 Å². The van der Waals surface area contributed by atoms with Gasteiger partial charge < -0.3 is 40.1 Å². The summed E-state index contributed by atoms with van der Waals surface area (Å²) in [6.07, 6.45) is -2.07. The van der Waals surface area contributed by atoms with Gasteiger partial charge in [0.15, 0.2) is 6.29 Å². The van der Waals surface area contributed by atoms with E-state index < -0.39 is 49.5 Å². The molecule has 1 saturated heterocycles. The summed E-state index contributed by atoms with van der Waals surface area (Å²) in [6, 6.07) is 0. The van der Waals surface area contributed by atoms with Crippen LogP contribution < -0.4 is 0 Å². The maximum absolute atomic E-state index is 10.3. The highest BCUT2D eigenvalue weighted by atomic mass is 16.7. The van der Waals surface area contributed by atoms with E-state index in [0.29, 0.717) is 12.8 Å². The number of unbranched alkanes of at least 4 members (excludes halogenated alkanes) is 1. The van der Waals surface area contributed by atoms with E-state index in [-0.39, 0.29) is 6.61 Å². The molecule has 156 valence electrons. The fraction of sp³-hybridized carbons (Fsp3) is 0.600. The first-order valence-electron chi connectivity index (χ1n) is 9.00. The predicted molar refractivity (Wildman–Crippen MR) is 100 cm³/mol. The number of aliphatic hydroxyl groups excluding tert-OH is 6. The first kappa shape index (κ1) is 24.3. The maximum Gasteiger partial charge on any atom is 0.187 e. The van der Waals surface area contributed by atoms with Crippen LogP contribution in [0, 0.1) is 23.7 Å². The summed E-state index contributed by atoms with van der Waals surface area (Å²) in [4.78, 5) is 0. The van der Waals surface area contributed by atoms with Crippen molar-refractivity contribution in [3.63, 3.8) is 0 Å². The van der Waals surface area contributed by atoms with Crippen LogP contribution in [0.1, 0.15) is 19.8 Å². The highest BCUT2D eigenvalue weighted by molar-refractivity contribution is 5.32. The lowest BCUT2D eigenvalue weighted by molar-refractivity contribution is -0.311. The second-order valence-electron chi connectivity index (χ2n) is 6.08. The SMILES string of the molecule is CC=CC#CC#CC(O)C(C=CCCCO)O[C@@H]1O[C@H](CO)[C@@H](O)[C@@H](O)[C@H]1O. The van der Waals surface area contributed by atoms with Gasteiger partial charge in [0.05, 0.1) is 6.61 Å². The molecule has 1 aliphatic rings. The normalized spacial score (nSPS) is 29.8. The first-order valence-corrected chi connectivity index (χ1v) is 9.00. The first-order chi connectivity index (χ1) is 13.5. The van der Waals surface area contributed by atoms with Crippen molar-refractivity contribution in [2.75, 3.05) is 13.2 Å². The molecule has 28 heavy (non-hydrogen) atoms. The maximum atomic E-state index is 10.3. The molecule has 8 nitrogen and oxygen atoms in total. The molecule has 0 bridgehead atoms. The fourth-order valence-electron chi connectivity index (χ4n) is 2.35. The fourth-order valence-corrected chi connectivity index (χ4v) is 2.35. The summed E-state index contributed by atoms with van der Waals surface area (Å²) >= 11 is 0. The van der Waals surface area contributed by atoms with Gasteiger partial charge in [-0.25, -0.2) is 0 Å². The molecule has 8 heteroatoms. The molecule has 2 unspecified atom stereocenters. The summed E-state index contributed by atoms with van der Waals surface area (Å²) in [7, 11) is 0. The van der Waals surface area contributed by atoms with Crippen LogP contribution in [0.2, 0.25) is 0 Å². The van der Waals surface area contributed by atoms with E-state index in [1.807, 2.05) is 0 Å². The minimum absolute atomic E-state index is 0.00543. The molecule has 1 aliphatic heterocycles. The van der Waals surface area contributed by atoms with Gasteiger partial charge in [-0.2, -0.15) is 0 Å². The Balaban J connectivity index is 2.92. The van der Waals surface area contributed by atoms with Gasteiger partial charge in [-0.15, -0.1) is 0 Å². The monoisotopic (exact) mass is 396 g/mol. The summed E-state index contributed by atoms with van der Waals surface area (Å²) in [5.41, 5.74) is 0. The third kappa shape index (κ3) is 7.72. The van der Waals surface area contributed by atoms with Gasteiger partial charge in [0.2, 0.25) is 0 Å². The molecular weight excluding hydrogens is 368 g/mol. The standard InChI is InChI=1S/C20H28O8/c1-2-3-4-5-7-10-14(23)15(11-8-6-9-12-21)27-20-19(26)18(25)17(24)16(13-22)28-20/h2-3,8,11,14-26H,6,9,12-13H2,1H3/t14?,15?,16-,17-,18-,19-,20-/m1/s1. The van der Waals surface area contributed by atoms with Crippen LogP contribution in [0.4, 0.5) is 0 Å². The highest BCUT2D eigenvalue weighted by Crippen LogP contribution is 2.23. The summed E-state index contributed by atoms with van der Waals surface area (Å²) < 4.78 is 10.9. The molecule has 0 spiro atoms. The quantitative estimate of drug-likeness (QED) is 0.165. The van der Waals surface area contributed by atoms with Crippen LogP contribution in [0.3, 0.4) is 0 Å². The van der Waals surface area contributed by atoms with Crippen molar-refractivity contribution in [2.45, 2.75) is 62.7 Å². The molecule has 0 amide bonds. The number of ether oxygens (including phenoxy) is 2. The van der Waals surface area contributed by atoms with Gasteiger partial charge in [-0.1, -0.05) is 30.1 Å². The molecule has 1 heterocycles. The molecule has 0 aromatic heterocycles. The number of hydrogen-bond donors (Lipinski definition) is 6. The van der Waals surface area contributed by atoms with Gasteiger partial charge >= 0.3 is 0 Å². The Kier molecular flexibility index (Phi) is 11.7. The van der Waals surface area contributed by atoms with E-state index in [0.717, 1.165) is 0 Å². The van der Waals surface area contributed by atoms with Crippen molar-refractivity contribution in [1.82, 2.24) is 0 Å². The minimum atomic E-state index is -1.60. The van der Waals surface area contributed by atoms with E-state index in [4.69, 9.17) is 14.6 Å². The zero-order valence-electron chi connectivity index (χ0n) is 15.7. The van der Waals surface area contributed by atoms with Crippen LogP contribution >= 0.6 is 0 Å². The van der Waals surface area contributed by atoms with Crippen molar-refractivity contribution in [3.05, 3.63) is 24.3 Å². The Hall–Kier alpha value is -1.72. The summed E-state index contributed by atoms with van der Waals surface area (Å²) in [6.45, 7) is 1.22. The third-order valence-corrected chi connectivity index (χ3v) is 3.91. The predicted octanol–water partition coefficient (Wildman–Crippen LogP) is -1.56. The number of aliphatic hydroxyl groups is 6. The van der Waals surface area contributed by atoms with E-state index in [1.165, 1.54) is 6.08 Å². The Bertz CT molecular complexity index is 622. The molecule has 1 fully saturated rings. The highest BCUT2D eigenvalue weighted by Gasteiger charge is 2.45. The smallest absolute Gasteiger partial charge is 0.187 e. The Labute approximate surface area is 164 Å². The van der Waals surface area contributed by atoms with Crippen molar-refractivity contribution < 1.29 is 40.1 Å². The molecule has 6 N–H and O–H groups in total. The average molecular weight is 396 g/mol.